The maximum atomic E-state index is 12.3. The Balaban J connectivity index is 1.92. The second kappa shape index (κ2) is 8.41. The van der Waals surface area contributed by atoms with Gasteiger partial charge in [-0.2, -0.15) is 5.26 Å². The molecule has 0 spiro atoms. The zero-order chi connectivity index (χ0) is 20.9. The summed E-state index contributed by atoms with van der Waals surface area (Å²) in [5.41, 5.74) is 4.20. The number of carbonyl (C=O) groups is 1. The molecule has 146 valence electrons. The molecule has 3 aromatic rings. The van der Waals surface area contributed by atoms with Crippen molar-refractivity contribution < 1.29 is 9.53 Å². The van der Waals surface area contributed by atoms with E-state index in [9.17, 15) is 10.1 Å². The third-order valence-electron chi connectivity index (χ3n) is 4.89. The fourth-order valence-electron chi connectivity index (χ4n) is 3.45. The van der Waals surface area contributed by atoms with Gasteiger partial charge in [-0.25, -0.2) is 0 Å². The van der Waals surface area contributed by atoms with Crippen LogP contribution in [0.3, 0.4) is 0 Å². The van der Waals surface area contributed by atoms with Crippen LogP contribution in [0, 0.1) is 11.3 Å². The minimum atomic E-state index is -0.638. The minimum Gasteiger partial charge on any atom is -0.495 e. The average Bonchev–Trinajstić information content (AvgIpc) is 2.83. The van der Waals surface area contributed by atoms with Crippen LogP contribution in [0.25, 0.3) is 11.1 Å². The number of aromatic nitrogens is 2. The van der Waals surface area contributed by atoms with Crippen molar-refractivity contribution in [1.29, 1.82) is 5.26 Å². The van der Waals surface area contributed by atoms with Crippen LogP contribution in [0.4, 0.5) is 5.69 Å². The Morgan fingerprint density at radius 3 is 2.73 bits per heavy atom. The van der Waals surface area contributed by atoms with E-state index < -0.39 is 6.04 Å². The molecule has 1 aromatic carbocycles. The highest BCUT2D eigenvalue weighted by atomic mass is 16.5. The Labute approximate surface area is 174 Å². The van der Waals surface area contributed by atoms with Crippen molar-refractivity contribution in [2.75, 3.05) is 12.0 Å². The molecule has 1 aliphatic rings. The number of hydrogen-bond acceptors (Lipinski definition) is 6. The van der Waals surface area contributed by atoms with Crippen LogP contribution >= 0.6 is 0 Å². The Morgan fingerprint density at radius 1 is 1.17 bits per heavy atom. The van der Waals surface area contributed by atoms with Gasteiger partial charge in [-0.05, 0) is 35.4 Å². The molecular weight excluding hydrogens is 376 g/mol. The van der Waals surface area contributed by atoms with Crippen molar-refractivity contribution in [3.05, 3.63) is 96.2 Å². The number of hydrogen-bond donors (Lipinski definition) is 0. The van der Waals surface area contributed by atoms with Gasteiger partial charge in [0.15, 0.2) is 0 Å². The first-order chi connectivity index (χ1) is 14.7. The van der Waals surface area contributed by atoms with Crippen LogP contribution in [0.2, 0.25) is 0 Å². The van der Waals surface area contributed by atoms with Crippen molar-refractivity contribution >= 4 is 23.1 Å². The number of benzene rings is 1. The standard InChI is InChI=1S/C24H18N4O2/c1-30-20-11-19(13-26-14-20)28-15-18(23-8-4-5-9-27-23)10-22(24(28)16-29)21-7-3-2-6-17(21)12-25/h2-11,13-16,24H,1H3. The lowest BCUT2D eigenvalue weighted by Crippen LogP contribution is -2.36. The summed E-state index contributed by atoms with van der Waals surface area (Å²) < 4.78 is 5.31. The highest BCUT2D eigenvalue weighted by Crippen LogP contribution is 2.36. The van der Waals surface area contributed by atoms with Gasteiger partial charge >= 0.3 is 0 Å². The molecule has 30 heavy (non-hydrogen) atoms. The van der Waals surface area contributed by atoms with E-state index in [1.54, 1.807) is 37.8 Å². The van der Waals surface area contributed by atoms with E-state index in [0.717, 1.165) is 17.6 Å². The van der Waals surface area contributed by atoms with Crippen molar-refractivity contribution in [3.8, 4) is 11.8 Å². The van der Waals surface area contributed by atoms with E-state index in [2.05, 4.69) is 16.0 Å². The van der Waals surface area contributed by atoms with Crippen LogP contribution in [0.1, 0.15) is 16.8 Å². The van der Waals surface area contributed by atoms with Crippen molar-refractivity contribution in [2.24, 2.45) is 0 Å². The summed E-state index contributed by atoms with van der Waals surface area (Å²) in [5, 5.41) is 9.61. The van der Waals surface area contributed by atoms with Crippen LogP contribution in [-0.4, -0.2) is 29.4 Å². The maximum Gasteiger partial charge on any atom is 0.147 e. The lowest BCUT2D eigenvalue weighted by atomic mass is 9.89. The molecule has 0 saturated heterocycles. The van der Waals surface area contributed by atoms with Gasteiger partial charge in [0.2, 0.25) is 0 Å². The number of anilines is 1. The van der Waals surface area contributed by atoms with Crippen LogP contribution in [0.5, 0.6) is 5.75 Å². The van der Waals surface area contributed by atoms with Gasteiger partial charge in [0.1, 0.15) is 18.1 Å². The van der Waals surface area contributed by atoms with E-state index in [4.69, 9.17) is 4.74 Å². The molecule has 1 atom stereocenters. The molecule has 0 aliphatic carbocycles. The van der Waals surface area contributed by atoms with Gasteiger partial charge in [-0.3, -0.25) is 9.97 Å². The average molecular weight is 394 g/mol. The van der Waals surface area contributed by atoms with E-state index in [1.165, 1.54) is 0 Å². The SMILES string of the molecule is COc1cncc(N2C=C(c3ccccn3)C=C(c3ccccc3C#N)C2C=O)c1. The number of ether oxygens (including phenoxy) is 1. The van der Waals surface area contributed by atoms with Crippen molar-refractivity contribution in [1.82, 2.24) is 9.97 Å². The summed E-state index contributed by atoms with van der Waals surface area (Å²) in [7, 11) is 1.57. The van der Waals surface area contributed by atoms with Gasteiger partial charge in [0.25, 0.3) is 0 Å². The Kier molecular flexibility index (Phi) is 5.35. The first-order valence-electron chi connectivity index (χ1n) is 9.32. The summed E-state index contributed by atoms with van der Waals surface area (Å²) >= 11 is 0. The van der Waals surface area contributed by atoms with Gasteiger partial charge in [0.05, 0.1) is 42.5 Å². The number of pyridine rings is 2. The molecule has 0 bridgehead atoms. The Hall–Kier alpha value is -4.24. The largest absolute Gasteiger partial charge is 0.495 e. The number of carbonyl (C=O) groups excluding carboxylic acids is 1. The number of methoxy groups -OCH3 is 1. The summed E-state index contributed by atoms with van der Waals surface area (Å²) in [6, 6.07) is 16.3. The summed E-state index contributed by atoms with van der Waals surface area (Å²) in [4.78, 5) is 22.8. The molecule has 1 unspecified atom stereocenters. The monoisotopic (exact) mass is 394 g/mol. The first-order valence-corrected chi connectivity index (χ1v) is 9.32. The zero-order valence-corrected chi connectivity index (χ0v) is 16.3. The third-order valence-corrected chi connectivity index (χ3v) is 4.89. The topological polar surface area (TPSA) is 79.1 Å². The van der Waals surface area contributed by atoms with Crippen LogP contribution in [-0.2, 0) is 4.79 Å². The highest BCUT2D eigenvalue weighted by Gasteiger charge is 2.29. The normalized spacial score (nSPS) is 15.6. The molecule has 6 heteroatoms. The van der Waals surface area contributed by atoms with Crippen LogP contribution in [0.15, 0.2) is 79.4 Å². The second-order valence-electron chi connectivity index (χ2n) is 6.63. The number of aldehydes is 1. The summed E-state index contributed by atoms with van der Waals surface area (Å²) in [6.45, 7) is 0. The number of nitrogens with zero attached hydrogens (tertiary/aromatic N) is 4. The summed E-state index contributed by atoms with van der Waals surface area (Å²) in [5.74, 6) is 0.582. The molecule has 0 amide bonds. The van der Waals surface area contributed by atoms with Gasteiger partial charge < -0.3 is 14.4 Å². The molecule has 0 fully saturated rings. The predicted molar refractivity (Wildman–Crippen MR) is 114 cm³/mol. The van der Waals surface area contributed by atoms with E-state index in [1.807, 2.05) is 53.6 Å². The van der Waals surface area contributed by atoms with Gasteiger partial charge in [0, 0.05) is 24.0 Å². The fraction of sp³-hybridized carbons (Fsp3) is 0.0833. The van der Waals surface area contributed by atoms with E-state index in [-0.39, 0.29) is 0 Å². The van der Waals surface area contributed by atoms with Gasteiger partial charge in [-0.15, -0.1) is 0 Å². The third kappa shape index (κ3) is 3.56. The fourth-order valence-corrected chi connectivity index (χ4v) is 3.45. The van der Waals surface area contributed by atoms with Crippen LogP contribution < -0.4 is 9.64 Å². The molecule has 0 saturated carbocycles. The molecule has 1 aliphatic heterocycles. The smallest absolute Gasteiger partial charge is 0.147 e. The number of nitriles is 1. The molecule has 0 radical (unpaired) electrons. The zero-order valence-electron chi connectivity index (χ0n) is 16.3. The van der Waals surface area contributed by atoms with Gasteiger partial charge in [-0.1, -0.05) is 24.3 Å². The molecule has 4 rings (SSSR count). The number of allylic oxidation sites excluding steroid dienone is 2. The first kappa shape index (κ1) is 19.1. The molecule has 6 nitrogen and oxygen atoms in total. The van der Waals surface area contributed by atoms with Crippen molar-refractivity contribution in [2.45, 2.75) is 6.04 Å². The molecule has 2 aromatic heterocycles. The quantitative estimate of drug-likeness (QED) is 0.611. The Bertz CT molecular complexity index is 1180. The minimum absolute atomic E-state index is 0.501. The van der Waals surface area contributed by atoms with E-state index in [0.29, 0.717) is 28.1 Å². The predicted octanol–water partition coefficient (Wildman–Crippen LogP) is 3.87. The highest BCUT2D eigenvalue weighted by molar-refractivity contribution is 5.99. The lowest BCUT2D eigenvalue weighted by molar-refractivity contribution is -0.107. The number of rotatable bonds is 5. The molecule has 0 N–H and O–H groups in total. The lowest BCUT2D eigenvalue weighted by Gasteiger charge is -2.33. The molecule has 3 heterocycles. The van der Waals surface area contributed by atoms with E-state index >= 15 is 0 Å². The second-order valence-corrected chi connectivity index (χ2v) is 6.63. The Morgan fingerprint density at radius 2 is 2.00 bits per heavy atom. The maximum absolute atomic E-state index is 12.3. The summed E-state index contributed by atoms with van der Waals surface area (Å²) in [6.07, 6.45) is 9.65. The van der Waals surface area contributed by atoms with Crippen molar-refractivity contribution in [3.63, 3.8) is 0 Å². The molecular formula is C24H18N4O2.